The Labute approximate surface area is 105 Å². The van der Waals surface area contributed by atoms with Crippen LogP contribution in [0.4, 0.5) is 5.95 Å². The molecule has 1 aliphatic heterocycles. The highest BCUT2D eigenvalue weighted by atomic mass is 16.2. The summed E-state index contributed by atoms with van der Waals surface area (Å²) in [5, 5.41) is 7.42. The monoisotopic (exact) mass is 245 g/mol. The van der Waals surface area contributed by atoms with Crippen molar-refractivity contribution in [2.45, 2.75) is 19.4 Å². The number of nitrogens with one attached hydrogen (secondary N) is 1. The molecular formula is C12H15N5O. The largest absolute Gasteiger partial charge is 0.344 e. The van der Waals surface area contributed by atoms with Gasteiger partial charge in [-0.05, 0) is 25.0 Å². The molecule has 0 saturated carbocycles. The molecule has 6 heteroatoms. The number of fused-ring (bicyclic) bond motifs is 1. The molecule has 2 aromatic heterocycles. The summed E-state index contributed by atoms with van der Waals surface area (Å²) in [7, 11) is 1.81. The van der Waals surface area contributed by atoms with Gasteiger partial charge in [0.05, 0.1) is 0 Å². The molecule has 1 atom stereocenters. The summed E-state index contributed by atoms with van der Waals surface area (Å²) in [5.74, 6) is 0.610. The number of likely N-dealkylation sites (N-methyl/N-ethyl adjacent to an activating group) is 1. The first kappa shape index (κ1) is 11.0. The molecule has 1 saturated heterocycles. The van der Waals surface area contributed by atoms with Gasteiger partial charge >= 0.3 is 0 Å². The predicted octanol–water partition coefficient (Wildman–Crippen LogP) is 0.680. The van der Waals surface area contributed by atoms with E-state index in [-0.39, 0.29) is 11.9 Å². The minimum Gasteiger partial charge on any atom is -0.344 e. The molecular weight excluding hydrogens is 230 g/mol. The van der Waals surface area contributed by atoms with Crippen LogP contribution in [0.25, 0.3) is 5.65 Å². The fourth-order valence-corrected chi connectivity index (χ4v) is 2.16. The van der Waals surface area contributed by atoms with Crippen LogP contribution in [0.2, 0.25) is 0 Å². The van der Waals surface area contributed by atoms with Gasteiger partial charge in [0.15, 0.2) is 5.65 Å². The van der Waals surface area contributed by atoms with Crippen LogP contribution in [0, 0.1) is 6.92 Å². The van der Waals surface area contributed by atoms with Gasteiger partial charge in [0.1, 0.15) is 6.04 Å². The fraction of sp³-hybridized carbons (Fsp3) is 0.417. The SMILES string of the molecule is Cc1ccc2nc(NC3CCN(C)C3=O)nn2c1. The van der Waals surface area contributed by atoms with Crippen LogP contribution in [-0.4, -0.2) is 45.0 Å². The molecule has 1 aliphatic rings. The quantitative estimate of drug-likeness (QED) is 0.845. The van der Waals surface area contributed by atoms with Gasteiger partial charge in [-0.15, -0.1) is 5.10 Å². The number of aromatic nitrogens is 3. The Kier molecular flexibility index (Phi) is 2.43. The van der Waals surface area contributed by atoms with Gasteiger partial charge in [0.25, 0.3) is 0 Å². The summed E-state index contributed by atoms with van der Waals surface area (Å²) in [4.78, 5) is 17.8. The van der Waals surface area contributed by atoms with Crippen LogP contribution in [-0.2, 0) is 4.79 Å². The Morgan fingerprint density at radius 3 is 3.00 bits per heavy atom. The van der Waals surface area contributed by atoms with E-state index in [1.807, 2.05) is 32.3 Å². The molecule has 0 aliphatic carbocycles. The molecule has 6 nitrogen and oxygen atoms in total. The van der Waals surface area contributed by atoms with Gasteiger partial charge in [0, 0.05) is 19.8 Å². The molecule has 1 amide bonds. The van der Waals surface area contributed by atoms with Crippen molar-refractivity contribution in [3.63, 3.8) is 0 Å². The van der Waals surface area contributed by atoms with E-state index >= 15 is 0 Å². The lowest BCUT2D eigenvalue weighted by atomic mass is 10.2. The Morgan fingerprint density at radius 2 is 2.28 bits per heavy atom. The predicted molar refractivity (Wildman–Crippen MR) is 67.4 cm³/mol. The van der Waals surface area contributed by atoms with Crippen molar-refractivity contribution in [3.8, 4) is 0 Å². The van der Waals surface area contributed by atoms with Crippen molar-refractivity contribution in [2.24, 2.45) is 0 Å². The lowest BCUT2D eigenvalue weighted by Crippen LogP contribution is -2.31. The standard InChI is InChI=1S/C12H15N5O/c1-8-3-4-10-14-12(15-17(10)7-8)13-9-5-6-16(2)11(9)18/h3-4,7,9H,5-6H2,1-2H3,(H,13,15). The van der Waals surface area contributed by atoms with Gasteiger partial charge in [-0.1, -0.05) is 6.07 Å². The maximum atomic E-state index is 11.8. The highest BCUT2D eigenvalue weighted by Crippen LogP contribution is 2.14. The van der Waals surface area contributed by atoms with Crippen LogP contribution in [0.1, 0.15) is 12.0 Å². The van der Waals surface area contributed by atoms with Gasteiger partial charge in [-0.3, -0.25) is 4.79 Å². The molecule has 3 heterocycles. The average Bonchev–Trinajstić information content (AvgIpc) is 2.86. The van der Waals surface area contributed by atoms with Crippen molar-refractivity contribution < 1.29 is 4.79 Å². The van der Waals surface area contributed by atoms with Gasteiger partial charge in [0.2, 0.25) is 11.9 Å². The van der Waals surface area contributed by atoms with Crippen LogP contribution < -0.4 is 5.32 Å². The van der Waals surface area contributed by atoms with Gasteiger partial charge < -0.3 is 10.2 Å². The normalized spacial score (nSPS) is 19.8. The fourth-order valence-electron chi connectivity index (χ4n) is 2.16. The zero-order valence-electron chi connectivity index (χ0n) is 10.4. The Morgan fingerprint density at radius 1 is 1.44 bits per heavy atom. The number of anilines is 1. The smallest absolute Gasteiger partial charge is 0.244 e. The van der Waals surface area contributed by atoms with Crippen LogP contribution in [0.5, 0.6) is 0 Å². The number of hydrogen-bond acceptors (Lipinski definition) is 4. The zero-order valence-corrected chi connectivity index (χ0v) is 10.4. The van der Waals surface area contributed by atoms with E-state index in [0.29, 0.717) is 5.95 Å². The van der Waals surface area contributed by atoms with E-state index in [0.717, 1.165) is 24.2 Å². The third-order valence-corrected chi connectivity index (χ3v) is 3.21. The average molecular weight is 245 g/mol. The summed E-state index contributed by atoms with van der Waals surface area (Å²) in [6, 6.07) is 3.70. The van der Waals surface area contributed by atoms with Crippen LogP contribution in [0.15, 0.2) is 18.3 Å². The maximum absolute atomic E-state index is 11.8. The molecule has 0 aromatic carbocycles. The summed E-state index contributed by atoms with van der Waals surface area (Å²) in [6.45, 7) is 2.78. The first-order valence-corrected chi connectivity index (χ1v) is 5.98. The maximum Gasteiger partial charge on any atom is 0.244 e. The summed E-state index contributed by atoms with van der Waals surface area (Å²) in [6.07, 6.45) is 2.71. The summed E-state index contributed by atoms with van der Waals surface area (Å²) in [5.41, 5.74) is 1.90. The highest BCUT2D eigenvalue weighted by molar-refractivity contribution is 5.86. The second-order valence-electron chi connectivity index (χ2n) is 4.69. The second kappa shape index (κ2) is 3.97. The Bertz CT molecular complexity index is 606. The number of pyridine rings is 1. The molecule has 0 spiro atoms. The highest BCUT2D eigenvalue weighted by Gasteiger charge is 2.29. The minimum absolute atomic E-state index is 0.102. The number of hydrogen-bond donors (Lipinski definition) is 1. The number of amides is 1. The van der Waals surface area contributed by atoms with Crippen LogP contribution >= 0.6 is 0 Å². The molecule has 2 aromatic rings. The molecule has 1 N–H and O–H groups in total. The first-order valence-electron chi connectivity index (χ1n) is 5.98. The summed E-state index contributed by atoms with van der Waals surface area (Å²) < 4.78 is 1.72. The summed E-state index contributed by atoms with van der Waals surface area (Å²) >= 11 is 0. The lowest BCUT2D eigenvalue weighted by molar-refractivity contribution is -0.127. The number of carbonyl (C=O) groups excluding carboxylic acids is 1. The van der Waals surface area contributed by atoms with Gasteiger partial charge in [-0.25, -0.2) is 4.52 Å². The number of likely N-dealkylation sites (tertiary alicyclic amines) is 1. The van der Waals surface area contributed by atoms with Crippen molar-refractivity contribution in [3.05, 3.63) is 23.9 Å². The molecule has 0 radical (unpaired) electrons. The molecule has 18 heavy (non-hydrogen) atoms. The van der Waals surface area contributed by atoms with Gasteiger partial charge in [-0.2, -0.15) is 4.98 Å². The topological polar surface area (TPSA) is 62.5 Å². The number of rotatable bonds is 2. The molecule has 1 fully saturated rings. The van der Waals surface area contributed by atoms with Crippen molar-refractivity contribution in [1.29, 1.82) is 0 Å². The van der Waals surface area contributed by atoms with Crippen molar-refractivity contribution >= 4 is 17.5 Å². The van der Waals surface area contributed by atoms with E-state index in [9.17, 15) is 4.79 Å². The Balaban J connectivity index is 1.85. The third-order valence-electron chi connectivity index (χ3n) is 3.21. The van der Waals surface area contributed by atoms with Crippen molar-refractivity contribution in [2.75, 3.05) is 18.9 Å². The van der Waals surface area contributed by atoms with E-state index in [1.54, 1.807) is 9.42 Å². The number of carbonyl (C=O) groups is 1. The zero-order chi connectivity index (χ0) is 12.7. The number of aryl methyl sites for hydroxylation is 1. The van der Waals surface area contributed by atoms with E-state index < -0.39 is 0 Å². The lowest BCUT2D eigenvalue weighted by Gasteiger charge is -2.10. The molecule has 3 rings (SSSR count). The molecule has 94 valence electrons. The first-order chi connectivity index (χ1) is 8.63. The van der Waals surface area contributed by atoms with E-state index in [2.05, 4.69) is 15.4 Å². The molecule has 1 unspecified atom stereocenters. The van der Waals surface area contributed by atoms with Crippen molar-refractivity contribution in [1.82, 2.24) is 19.5 Å². The Hall–Kier alpha value is -2.11. The van der Waals surface area contributed by atoms with Crippen LogP contribution in [0.3, 0.4) is 0 Å². The third kappa shape index (κ3) is 1.79. The second-order valence-corrected chi connectivity index (χ2v) is 4.69. The minimum atomic E-state index is -0.200. The van der Waals surface area contributed by atoms with E-state index in [4.69, 9.17) is 0 Å². The molecule has 0 bridgehead atoms. The number of nitrogens with zero attached hydrogens (tertiary/aromatic N) is 4. The van der Waals surface area contributed by atoms with E-state index in [1.165, 1.54) is 0 Å².